The predicted molar refractivity (Wildman–Crippen MR) is 120 cm³/mol. The summed E-state index contributed by atoms with van der Waals surface area (Å²) in [6.07, 6.45) is -0.942. The summed E-state index contributed by atoms with van der Waals surface area (Å²) < 4.78 is 5.32. The zero-order valence-electron chi connectivity index (χ0n) is 18.4. The highest BCUT2D eigenvalue weighted by Gasteiger charge is 2.36. The Hall–Kier alpha value is -3.68. The average Bonchev–Trinajstić information content (AvgIpc) is 3.11. The van der Waals surface area contributed by atoms with Gasteiger partial charge in [0.2, 0.25) is 11.8 Å². The third-order valence-corrected chi connectivity index (χ3v) is 5.18. The second kappa shape index (κ2) is 10.1. The summed E-state index contributed by atoms with van der Waals surface area (Å²) in [6, 6.07) is 14.5. The summed E-state index contributed by atoms with van der Waals surface area (Å²) >= 11 is 0. The van der Waals surface area contributed by atoms with E-state index in [9.17, 15) is 19.2 Å². The molecule has 32 heavy (non-hydrogen) atoms. The Bertz CT molecular complexity index is 1000. The van der Waals surface area contributed by atoms with Crippen molar-refractivity contribution in [3.05, 3.63) is 59.7 Å². The van der Waals surface area contributed by atoms with E-state index in [1.54, 1.807) is 29.2 Å². The van der Waals surface area contributed by atoms with Gasteiger partial charge in [-0.1, -0.05) is 29.8 Å². The van der Waals surface area contributed by atoms with Gasteiger partial charge in [-0.25, -0.2) is 0 Å². The molecule has 0 unspecified atom stereocenters. The van der Waals surface area contributed by atoms with E-state index in [2.05, 4.69) is 10.6 Å². The molecule has 0 saturated carbocycles. The van der Waals surface area contributed by atoms with Crippen LogP contribution in [-0.2, 0) is 30.5 Å². The number of hydrogen-bond donors (Lipinski definition) is 2. The fourth-order valence-electron chi connectivity index (χ4n) is 3.40. The predicted octanol–water partition coefficient (Wildman–Crippen LogP) is 2.87. The molecule has 2 aromatic rings. The summed E-state index contributed by atoms with van der Waals surface area (Å²) in [5.74, 6) is -1.94. The molecule has 8 nitrogen and oxygen atoms in total. The molecule has 0 radical (unpaired) electrons. The van der Waals surface area contributed by atoms with E-state index in [1.165, 1.54) is 13.8 Å². The number of anilines is 2. The Morgan fingerprint density at radius 1 is 1.03 bits per heavy atom. The maximum absolute atomic E-state index is 12.5. The van der Waals surface area contributed by atoms with Gasteiger partial charge in [-0.3, -0.25) is 19.2 Å². The van der Waals surface area contributed by atoms with Crippen molar-refractivity contribution in [1.29, 1.82) is 0 Å². The maximum Gasteiger partial charge on any atom is 0.312 e. The number of esters is 1. The van der Waals surface area contributed by atoms with Crippen LogP contribution in [0.4, 0.5) is 11.4 Å². The van der Waals surface area contributed by atoms with Gasteiger partial charge >= 0.3 is 5.97 Å². The molecular weight excluding hydrogens is 410 g/mol. The molecule has 2 N–H and O–H groups in total. The van der Waals surface area contributed by atoms with Gasteiger partial charge < -0.3 is 20.3 Å². The summed E-state index contributed by atoms with van der Waals surface area (Å²) in [6.45, 7) is 5.60. The van der Waals surface area contributed by atoms with Crippen molar-refractivity contribution in [2.24, 2.45) is 5.92 Å². The molecule has 0 spiro atoms. The van der Waals surface area contributed by atoms with Crippen LogP contribution in [0.25, 0.3) is 0 Å². The number of likely N-dealkylation sites (tertiary alicyclic amines) is 1. The molecule has 2 atom stereocenters. The minimum Gasteiger partial charge on any atom is -0.452 e. The van der Waals surface area contributed by atoms with Crippen LogP contribution in [-0.4, -0.2) is 41.2 Å². The quantitative estimate of drug-likeness (QED) is 0.648. The molecule has 1 heterocycles. The molecule has 3 rings (SSSR count). The molecule has 1 aliphatic rings. The largest absolute Gasteiger partial charge is 0.452 e. The van der Waals surface area contributed by atoms with E-state index >= 15 is 0 Å². The molecule has 168 valence electrons. The van der Waals surface area contributed by atoms with E-state index < -0.39 is 23.9 Å². The molecule has 3 amide bonds. The zero-order valence-corrected chi connectivity index (χ0v) is 18.4. The van der Waals surface area contributed by atoms with Gasteiger partial charge in [-0.2, -0.15) is 0 Å². The Morgan fingerprint density at radius 3 is 2.22 bits per heavy atom. The summed E-state index contributed by atoms with van der Waals surface area (Å²) in [5, 5.41) is 5.30. The molecule has 0 bridgehead atoms. The van der Waals surface area contributed by atoms with Crippen molar-refractivity contribution in [3.8, 4) is 0 Å². The number of aryl methyl sites for hydroxylation is 1. The van der Waals surface area contributed by atoms with Gasteiger partial charge in [0.05, 0.1) is 5.92 Å². The second-order valence-corrected chi connectivity index (χ2v) is 7.99. The Balaban J connectivity index is 1.50. The lowest BCUT2D eigenvalue weighted by molar-refractivity contribution is -0.157. The molecular formula is C24H27N3O5. The van der Waals surface area contributed by atoms with Gasteiger partial charge in [0, 0.05) is 37.8 Å². The minimum absolute atomic E-state index is 0.0731. The van der Waals surface area contributed by atoms with Crippen molar-refractivity contribution in [2.75, 3.05) is 17.2 Å². The van der Waals surface area contributed by atoms with E-state index in [-0.39, 0.29) is 24.8 Å². The Kier molecular flexibility index (Phi) is 7.25. The van der Waals surface area contributed by atoms with Crippen LogP contribution in [0.3, 0.4) is 0 Å². The molecule has 0 aromatic heterocycles. The number of hydrogen-bond acceptors (Lipinski definition) is 5. The van der Waals surface area contributed by atoms with Crippen LogP contribution in [0, 0.1) is 12.8 Å². The number of nitrogens with zero attached hydrogens (tertiary/aromatic N) is 1. The molecule has 1 aliphatic heterocycles. The van der Waals surface area contributed by atoms with Crippen LogP contribution in [0.2, 0.25) is 0 Å². The highest BCUT2D eigenvalue weighted by Crippen LogP contribution is 2.22. The summed E-state index contributed by atoms with van der Waals surface area (Å²) in [5.41, 5.74) is 3.25. The highest BCUT2D eigenvalue weighted by atomic mass is 16.5. The van der Waals surface area contributed by atoms with Crippen LogP contribution in [0.15, 0.2) is 48.5 Å². The first-order valence-corrected chi connectivity index (χ1v) is 10.4. The van der Waals surface area contributed by atoms with Crippen LogP contribution in [0.1, 0.15) is 31.4 Å². The third-order valence-electron chi connectivity index (χ3n) is 5.18. The monoisotopic (exact) mass is 437 g/mol. The van der Waals surface area contributed by atoms with Gasteiger partial charge in [0.1, 0.15) is 0 Å². The van der Waals surface area contributed by atoms with Crippen LogP contribution < -0.4 is 10.6 Å². The van der Waals surface area contributed by atoms with Crippen molar-refractivity contribution in [3.63, 3.8) is 0 Å². The minimum atomic E-state index is -1.02. The Morgan fingerprint density at radius 2 is 1.62 bits per heavy atom. The molecule has 0 aliphatic carbocycles. The SMILES string of the molecule is CC(=O)Nc1ccc(NC(=O)[C@H](C)OC(=O)[C@H]2CC(=O)N(Cc3ccc(C)cc3)C2)cc1. The maximum atomic E-state index is 12.5. The number of ether oxygens (including phenoxy) is 1. The number of carbonyl (C=O) groups is 4. The standard InChI is InChI=1S/C24H27N3O5/c1-15-4-6-18(7-5-15)13-27-14-19(12-22(27)29)24(31)32-16(2)23(30)26-21-10-8-20(9-11-21)25-17(3)28/h4-11,16,19H,12-14H2,1-3H3,(H,25,28)(H,26,30)/t16-,19-/m0/s1. The fraction of sp³-hybridized carbons (Fsp3) is 0.333. The molecule has 2 aromatic carbocycles. The third kappa shape index (κ3) is 6.16. The molecule has 1 fully saturated rings. The smallest absolute Gasteiger partial charge is 0.312 e. The molecule has 8 heteroatoms. The Labute approximate surface area is 186 Å². The molecule has 1 saturated heterocycles. The van der Waals surface area contributed by atoms with Gasteiger partial charge in [-0.05, 0) is 43.7 Å². The van der Waals surface area contributed by atoms with Crippen LogP contribution >= 0.6 is 0 Å². The number of carbonyl (C=O) groups excluding carboxylic acids is 4. The number of nitrogens with one attached hydrogen (secondary N) is 2. The topological polar surface area (TPSA) is 105 Å². The average molecular weight is 437 g/mol. The van der Waals surface area contributed by atoms with E-state index in [0.29, 0.717) is 17.9 Å². The zero-order chi connectivity index (χ0) is 23.3. The summed E-state index contributed by atoms with van der Waals surface area (Å²) in [7, 11) is 0. The summed E-state index contributed by atoms with van der Waals surface area (Å²) in [4.78, 5) is 49.9. The van der Waals surface area contributed by atoms with Crippen molar-refractivity contribution < 1.29 is 23.9 Å². The first-order chi connectivity index (χ1) is 15.2. The lowest BCUT2D eigenvalue weighted by Gasteiger charge is -2.18. The normalized spacial score (nSPS) is 16.4. The van der Waals surface area contributed by atoms with Crippen molar-refractivity contribution >= 4 is 35.1 Å². The van der Waals surface area contributed by atoms with Crippen molar-refractivity contribution in [1.82, 2.24) is 4.90 Å². The van der Waals surface area contributed by atoms with E-state index in [4.69, 9.17) is 4.74 Å². The van der Waals surface area contributed by atoms with Gasteiger partial charge in [-0.15, -0.1) is 0 Å². The van der Waals surface area contributed by atoms with Crippen LogP contribution in [0.5, 0.6) is 0 Å². The first kappa shape index (κ1) is 23.0. The first-order valence-electron chi connectivity index (χ1n) is 10.4. The fourth-order valence-corrected chi connectivity index (χ4v) is 3.40. The number of rotatable bonds is 7. The van der Waals surface area contributed by atoms with E-state index in [0.717, 1.165) is 11.1 Å². The van der Waals surface area contributed by atoms with Gasteiger partial charge in [0.25, 0.3) is 5.91 Å². The van der Waals surface area contributed by atoms with Gasteiger partial charge in [0.15, 0.2) is 6.10 Å². The van der Waals surface area contributed by atoms with E-state index in [1.807, 2.05) is 31.2 Å². The number of amides is 3. The second-order valence-electron chi connectivity index (χ2n) is 7.99. The number of benzene rings is 2. The van der Waals surface area contributed by atoms with Crippen molar-refractivity contribution in [2.45, 2.75) is 39.8 Å². The highest BCUT2D eigenvalue weighted by molar-refractivity contribution is 5.96. The lowest BCUT2D eigenvalue weighted by atomic mass is 10.1. The lowest BCUT2D eigenvalue weighted by Crippen LogP contribution is -2.33.